The van der Waals surface area contributed by atoms with Crippen LogP contribution in [0.4, 0.5) is 11.6 Å². The first kappa shape index (κ1) is 10.5. The summed E-state index contributed by atoms with van der Waals surface area (Å²) in [4.78, 5) is 8.89. The highest BCUT2D eigenvalue weighted by Crippen LogP contribution is 2.23. The van der Waals surface area contributed by atoms with Gasteiger partial charge in [-0.1, -0.05) is 0 Å². The van der Waals surface area contributed by atoms with Crippen LogP contribution in [0.2, 0.25) is 0 Å². The van der Waals surface area contributed by atoms with Gasteiger partial charge in [0.05, 0.1) is 28.7 Å². The van der Waals surface area contributed by atoms with Gasteiger partial charge in [0.1, 0.15) is 0 Å². The normalized spacial score (nSPS) is 14.4. The molecule has 0 spiro atoms. The minimum Gasteiger partial charge on any atom is -0.321 e. The quantitative estimate of drug-likeness (QED) is 0.636. The molecule has 0 fully saturated rings. The molecule has 1 aliphatic heterocycles. The number of aromatic nitrogens is 6. The molecule has 0 aromatic carbocycles. The van der Waals surface area contributed by atoms with Crippen molar-refractivity contribution >= 4 is 22.7 Å². The minimum absolute atomic E-state index is 0.582. The van der Waals surface area contributed by atoms with E-state index in [1.165, 1.54) is 0 Å². The number of aromatic amines is 1. The van der Waals surface area contributed by atoms with E-state index in [1.807, 2.05) is 17.8 Å². The summed E-state index contributed by atoms with van der Waals surface area (Å²) < 4.78 is 1.96. The van der Waals surface area contributed by atoms with Gasteiger partial charge >= 0.3 is 0 Å². The molecule has 0 saturated carbocycles. The topological polar surface area (TPSA) is 84.3 Å². The summed E-state index contributed by atoms with van der Waals surface area (Å²) in [6.07, 6.45) is 5.51. The summed E-state index contributed by atoms with van der Waals surface area (Å²) in [6.45, 7) is 2.83. The van der Waals surface area contributed by atoms with Gasteiger partial charge < -0.3 is 5.32 Å². The summed E-state index contributed by atoms with van der Waals surface area (Å²) in [5.74, 6) is 0.582. The summed E-state index contributed by atoms with van der Waals surface area (Å²) in [5, 5.41) is 15.8. The van der Waals surface area contributed by atoms with Crippen LogP contribution in [0.1, 0.15) is 17.8 Å². The fraction of sp³-hybridized carbons (Fsp3) is 0.333. The monoisotopic (exact) mass is 255 g/mol. The summed E-state index contributed by atoms with van der Waals surface area (Å²) in [7, 11) is 0. The van der Waals surface area contributed by atoms with E-state index < -0.39 is 0 Å². The molecule has 3 aromatic rings. The molecule has 0 unspecified atom stereocenters. The van der Waals surface area contributed by atoms with Gasteiger partial charge in [0, 0.05) is 12.7 Å². The van der Waals surface area contributed by atoms with Crippen LogP contribution in [0.25, 0.3) is 11.0 Å². The van der Waals surface area contributed by atoms with E-state index in [-0.39, 0.29) is 0 Å². The molecule has 0 amide bonds. The average Bonchev–Trinajstić information content (AvgIpc) is 2.96. The summed E-state index contributed by atoms with van der Waals surface area (Å²) in [6, 6.07) is 0. The average molecular weight is 255 g/mol. The molecule has 2 N–H and O–H groups in total. The fourth-order valence-corrected chi connectivity index (χ4v) is 2.46. The Labute approximate surface area is 109 Å². The van der Waals surface area contributed by atoms with E-state index >= 15 is 0 Å². The number of hydrogen-bond acceptors (Lipinski definition) is 5. The highest BCUT2D eigenvalue weighted by atomic mass is 15.3. The third-order valence-corrected chi connectivity index (χ3v) is 3.44. The molecule has 0 radical (unpaired) electrons. The summed E-state index contributed by atoms with van der Waals surface area (Å²) >= 11 is 0. The SMILES string of the molecule is Cc1nn2c3nc(ncc13)Nc1cn[nH]c1CCC2. The van der Waals surface area contributed by atoms with Crippen LogP contribution in [-0.4, -0.2) is 29.9 Å². The van der Waals surface area contributed by atoms with Gasteiger partial charge in [-0.25, -0.2) is 9.67 Å². The lowest BCUT2D eigenvalue weighted by molar-refractivity contribution is 0.583. The fourth-order valence-electron chi connectivity index (χ4n) is 2.46. The number of H-pyrrole nitrogens is 1. The molecule has 0 atom stereocenters. The lowest BCUT2D eigenvalue weighted by Gasteiger charge is -2.09. The van der Waals surface area contributed by atoms with Crippen molar-refractivity contribution in [2.45, 2.75) is 26.3 Å². The first-order chi connectivity index (χ1) is 9.31. The second-order valence-electron chi connectivity index (χ2n) is 4.73. The molecule has 0 saturated heterocycles. The molecular formula is C12H13N7. The Morgan fingerprint density at radius 2 is 2.26 bits per heavy atom. The lowest BCUT2D eigenvalue weighted by Crippen LogP contribution is -2.07. The number of aryl methyl sites for hydroxylation is 3. The van der Waals surface area contributed by atoms with Crippen LogP contribution >= 0.6 is 0 Å². The number of nitrogens with one attached hydrogen (secondary N) is 2. The Morgan fingerprint density at radius 3 is 3.21 bits per heavy atom. The molecule has 2 bridgehead atoms. The van der Waals surface area contributed by atoms with Crippen molar-refractivity contribution < 1.29 is 0 Å². The molecule has 7 nitrogen and oxygen atoms in total. The molecule has 3 aromatic heterocycles. The lowest BCUT2D eigenvalue weighted by atomic mass is 10.2. The van der Waals surface area contributed by atoms with E-state index in [4.69, 9.17) is 0 Å². The second kappa shape index (κ2) is 3.78. The smallest absolute Gasteiger partial charge is 0.229 e. The maximum Gasteiger partial charge on any atom is 0.229 e. The molecule has 1 aliphatic rings. The molecular weight excluding hydrogens is 242 g/mol. The molecule has 96 valence electrons. The van der Waals surface area contributed by atoms with E-state index in [9.17, 15) is 0 Å². The zero-order valence-electron chi connectivity index (χ0n) is 10.5. The van der Waals surface area contributed by atoms with Crippen molar-refractivity contribution in [2.24, 2.45) is 0 Å². The first-order valence-corrected chi connectivity index (χ1v) is 6.31. The van der Waals surface area contributed by atoms with Gasteiger partial charge in [-0.05, 0) is 19.8 Å². The van der Waals surface area contributed by atoms with E-state index in [2.05, 4.69) is 30.6 Å². The van der Waals surface area contributed by atoms with Gasteiger partial charge in [0.2, 0.25) is 5.95 Å². The standard InChI is InChI=1S/C12H13N7/c1-7-8-5-13-12-15-10-6-14-17-9(10)3-2-4-19(18-7)11(8)16-12/h5-6H,2-4H2,1H3,(H,14,17)(H,13,15,16). The Kier molecular flexibility index (Phi) is 2.08. The Bertz CT molecular complexity index is 755. The number of rotatable bonds is 0. The Hall–Kier alpha value is -2.44. The highest BCUT2D eigenvalue weighted by Gasteiger charge is 2.14. The maximum absolute atomic E-state index is 4.55. The van der Waals surface area contributed by atoms with Crippen LogP contribution < -0.4 is 5.32 Å². The van der Waals surface area contributed by atoms with Gasteiger partial charge in [0.15, 0.2) is 5.65 Å². The van der Waals surface area contributed by atoms with Crippen LogP contribution in [0.15, 0.2) is 12.4 Å². The summed E-state index contributed by atoms with van der Waals surface area (Å²) in [5.41, 5.74) is 3.89. The number of hydrogen-bond donors (Lipinski definition) is 2. The van der Waals surface area contributed by atoms with E-state index in [0.29, 0.717) is 5.95 Å². The molecule has 4 rings (SSSR count). The van der Waals surface area contributed by atoms with Crippen LogP contribution in [0, 0.1) is 6.92 Å². The predicted molar refractivity (Wildman–Crippen MR) is 70.3 cm³/mol. The van der Waals surface area contributed by atoms with E-state index in [1.54, 1.807) is 6.20 Å². The van der Waals surface area contributed by atoms with Crippen molar-refractivity contribution in [1.29, 1.82) is 0 Å². The van der Waals surface area contributed by atoms with Crippen LogP contribution in [0.5, 0.6) is 0 Å². The van der Waals surface area contributed by atoms with Crippen molar-refractivity contribution in [1.82, 2.24) is 29.9 Å². The van der Waals surface area contributed by atoms with Crippen molar-refractivity contribution in [3.8, 4) is 0 Å². The second-order valence-corrected chi connectivity index (χ2v) is 4.73. The molecule has 0 aliphatic carbocycles. The van der Waals surface area contributed by atoms with E-state index in [0.717, 1.165) is 47.5 Å². The first-order valence-electron chi connectivity index (χ1n) is 6.31. The minimum atomic E-state index is 0.582. The Balaban J connectivity index is 1.91. The van der Waals surface area contributed by atoms with Crippen LogP contribution in [-0.2, 0) is 13.0 Å². The van der Waals surface area contributed by atoms with Crippen molar-refractivity contribution in [3.05, 3.63) is 23.8 Å². The molecule has 19 heavy (non-hydrogen) atoms. The van der Waals surface area contributed by atoms with Gasteiger partial charge in [-0.3, -0.25) is 5.10 Å². The maximum atomic E-state index is 4.55. The largest absolute Gasteiger partial charge is 0.321 e. The van der Waals surface area contributed by atoms with Gasteiger partial charge in [-0.15, -0.1) is 0 Å². The van der Waals surface area contributed by atoms with Gasteiger partial charge in [0.25, 0.3) is 0 Å². The van der Waals surface area contributed by atoms with Crippen molar-refractivity contribution in [2.75, 3.05) is 5.32 Å². The highest BCUT2D eigenvalue weighted by molar-refractivity contribution is 5.78. The zero-order valence-corrected chi connectivity index (χ0v) is 10.5. The van der Waals surface area contributed by atoms with Crippen LogP contribution in [0.3, 0.4) is 0 Å². The molecule has 7 heteroatoms. The number of fused-ring (bicyclic) bond motifs is 2. The third-order valence-electron chi connectivity index (χ3n) is 3.44. The zero-order chi connectivity index (χ0) is 12.8. The predicted octanol–water partition coefficient (Wildman–Crippen LogP) is 1.55. The Morgan fingerprint density at radius 1 is 1.32 bits per heavy atom. The van der Waals surface area contributed by atoms with Gasteiger partial charge in [-0.2, -0.15) is 15.2 Å². The number of nitrogens with zero attached hydrogens (tertiary/aromatic N) is 5. The third kappa shape index (κ3) is 1.58. The molecule has 4 heterocycles. The van der Waals surface area contributed by atoms with Crippen molar-refractivity contribution in [3.63, 3.8) is 0 Å². The number of anilines is 2.